The highest BCUT2D eigenvalue weighted by Crippen LogP contribution is 2.42. The van der Waals surface area contributed by atoms with E-state index in [0.717, 1.165) is 82.7 Å². The smallest absolute Gasteiger partial charge is 0.145 e. The zero-order chi connectivity index (χ0) is 33.9. The summed E-state index contributed by atoms with van der Waals surface area (Å²) in [7, 11) is 0. The summed E-state index contributed by atoms with van der Waals surface area (Å²) in [6.07, 6.45) is 1.88. The quantitative estimate of drug-likeness (QED) is 0.189. The Labute approximate surface area is 296 Å². The third kappa shape index (κ3) is 3.64. The van der Waals surface area contributed by atoms with Gasteiger partial charge in [0.15, 0.2) is 0 Å². The van der Waals surface area contributed by atoms with Gasteiger partial charge in [0.1, 0.15) is 11.2 Å². The van der Waals surface area contributed by atoms with Gasteiger partial charge in [-0.1, -0.05) is 72.8 Å². The van der Waals surface area contributed by atoms with Gasteiger partial charge in [-0.15, -0.1) is 0 Å². The molecule has 0 spiro atoms. The van der Waals surface area contributed by atoms with Gasteiger partial charge in [-0.2, -0.15) is 0 Å². The standard InChI is InChI=1S/C47H28N4O/c1-2-11-29(12-3-1)49-41-23-20-30(28-37(41)46-43(49)19-10-26-48-46)51-40-18-9-6-15-35(40)45-42(51)24-22-34-36-27-31(21-25-44(36)52-47(34)45)50-38-16-7-4-13-32(38)33-14-5-8-17-39(33)50/h1-28H. The van der Waals surface area contributed by atoms with Gasteiger partial charge in [-0.25, -0.2) is 0 Å². The van der Waals surface area contributed by atoms with Crippen molar-refractivity contribution in [2.45, 2.75) is 0 Å². The largest absolute Gasteiger partial charge is 0.455 e. The van der Waals surface area contributed by atoms with Crippen LogP contribution in [-0.2, 0) is 0 Å². The number of rotatable bonds is 3. The molecule has 242 valence electrons. The molecule has 0 saturated heterocycles. The van der Waals surface area contributed by atoms with E-state index in [1.165, 1.54) is 21.8 Å². The van der Waals surface area contributed by atoms with E-state index in [4.69, 9.17) is 9.40 Å². The van der Waals surface area contributed by atoms with E-state index in [2.05, 4.69) is 171 Å². The molecular formula is C47H28N4O. The van der Waals surface area contributed by atoms with Gasteiger partial charge >= 0.3 is 0 Å². The summed E-state index contributed by atoms with van der Waals surface area (Å²) >= 11 is 0. The van der Waals surface area contributed by atoms with Crippen LogP contribution in [0.1, 0.15) is 0 Å². The van der Waals surface area contributed by atoms with Crippen molar-refractivity contribution in [1.82, 2.24) is 18.7 Å². The first-order chi connectivity index (χ1) is 25.8. The number of benzene rings is 7. The molecule has 0 N–H and O–H groups in total. The minimum atomic E-state index is 0.880. The summed E-state index contributed by atoms with van der Waals surface area (Å²) in [5.74, 6) is 0. The first-order valence-corrected chi connectivity index (χ1v) is 17.6. The lowest BCUT2D eigenvalue weighted by Gasteiger charge is -2.10. The summed E-state index contributed by atoms with van der Waals surface area (Å²) in [6, 6.07) is 58.5. The Morgan fingerprint density at radius 1 is 0.365 bits per heavy atom. The van der Waals surface area contributed by atoms with Crippen LogP contribution in [0, 0.1) is 0 Å². The number of para-hydroxylation sites is 4. The predicted octanol–water partition coefficient (Wildman–Crippen LogP) is 12.3. The molecule has 0 aliphatic rings. The lowest BCUT2D eigenvalue weighted by Crippen LogP contribution is -1.95. The van der Waals surface area contributed by atoms with E-state index >= 15 is 0 Å². The molecule has 5 heterocycles. The number of fused-ring (bicyclic) bond motifs is 13. The second-order valence-electron chi connectivity index (χ2n) is 13.6. The summed E-state index contributed by atoms with van der Waals surface area (Å²) in [6.45, 7) is 0. The molecule has 0 aliphatic carbocycles. The van der Waals surface area contributed by atoms with Crippen LogP contribution in [0.3, 0.4) is 0 Å². The van der Waals surface area contributed by atoms with Crippen LogP contribution in [0.15, 0.2) is 174 Å². The first kappa shape index (κ1) is 27.7. The minimum Gasteiger partial charge on any atom is -0.455 e. The maximum Gasteiger partial charge on any atom is 0.145 e. The highest BCUT2D eigenvalue weighted by atomic mass is 16.3. The fraction of sp³-hybridized carbons (Fsp3) is 0. The highest BCUT2D eigenvalue weighted by molar-refractivity contribution is 6.24. The van der Waals surface area contributed by atoms with Crippen molar-refractivity contribution in [2.75, 3.05) is 0 Å². The Hall–Kier alpha value is -7.11. The molecule has 0 radical (unpaired) electrons. The lowest BCUT2D eigenvalue weighted by atomic mass is 10.1. The Morgan fingerprint density at radius 2 is 0.923 bits per heavy atom. The SMILES string of the molecule is c1ccc(-n2c3ccc(-n4c5ccccc5c5c6oc7ccc(-n8c9ccccc9c9ccccc98)cc7c6ccc54)cc3c3ncccc32)cc1. The predicted molar refractivity (Wildman–Crippen MR) is 215 cm³/mol. The fourth-order valence-electron chi connectivity index (χ4n) is 8.71. The Morgan fingerprint density at radius 3 is 1.69 bits per heavy atom. The van der Waals surface area contributed by atoms with Crippen molar-refractivity contribution >= 4 is 87.5 Å². The van der Waals surface area contributed by atoms with E-state index < -0.39 is 0 Å². The fourth-order valence-corrected chi connectivity index (χ4v) is 8.71. The van der Waals surface area contributed by atoms with Crippen LogP contribution in [0.2, 0.25) is 0 Å². The second-order valence-corrected chi connectivity index (χ2v) is 13.6. The van der Waals surface area contributed by atoms with Crippen LogP contribution in [0.5, 0.6) is 0 Å². The molecule has 12 aromatic rings. The number of hydrogen-bond donors (Lipinski definition) is 0. The van der Waals surface area contributed by atoms with Crippen LogP contribution < -0.4 is 0 Å². The van der Waals surface area contributed by atoms with Crippen molar-refractivity contribution in [3.63, 3.8) is 0 Å². The van der Waals surface area contributed by atoms with Crippen molar-refractivity contribution in [3.05, 3.63) is 170 Å². The van der Waals surface area contributed by atoms with Crippen molar-refractivity contribution < 1.29 is 4.42 Å². The molecule has 5 aromatic heterocycles. The molecule has 5 heteroatoms. The van der Waals surface area contributed by atoms with E-state index in [9.17, 15) is 0 Å². The van der Waals surface area contributed by atoms with Crippen molar-refractivity contribution in [2.24, 2.45) is 0 Å². The molecule has 0 fully saturated rings. The molecule has 7 aromatic carbocycles. The molecule has 0 atom stereocenters. The Bertz CT molecular complexity index is 3360. The number of pyridine rings is 1. The summed E-state index contributed by atoms with van der Waals surface area (Å²) in [5, 5.41) is 8.12. The van der Waals surface area contributed by atoms with Crippen LogP contribution in [-0.4, -0.2) is 18.7 Å². The number of hydrogen-bond acceptors (Lipinski definition) is 2. The third-order valence-electron chi connectivity index (χ3n) is 10.9. The van der Waals surface area contributed by atoms with Gasteiger partial charge in [-0.05, 0) is 91.0 Å². The normalized spacial score (nSPS) is 12.2. The summed E-state index contributed by atoms with van der Waals surface area (Å²) in [5.41, 5.74) is 12.9. The van der Waals surface area contributed by atoms with E-state index in [-0.39, 0.29) is 0 Å². The van der Waals surface area contributed by atoms with Crippen molar-refractivity contribution in [3.8, 4) is 17.1 Å². The molecule has 5 nitrogen and oxygen atoms in total. The second kappa shape index (κ2) is 10.2. The number of nitrogens with zero attached hydrogens (tertiary/aromatic N) is 4. The molecule has 0 unspecified atom stereocenters. The first-order valence-electron chi connectivity index (χ1n) is 17.6. The molecule has 0 amide bonds. The van der Waals surface area contributed by atoms with Gasteiger partial charge in [0.25, 0.3) is 0 Å². The van der Waals surface area contributed by atoms with Crippen LogP contribution >= 0.6 is 0 Å². The maximum absolute atomic E-state index is 6.81. The topological polar surface area (TPSA) is 40.8 Å². The van der Waals surface area contributed by atoms with Crippen LogP contribution in [0.25, 0.3) is 105 Å². The Kier molecular flexibility index (Phi) is 5.44. The van der Waals surface area contributed by atoms with Gasteiger partial charge in [0.2, 0.25) is 0 Å². The zero-order valence-electron chi connectivity index (χ0n) is 27.9. The molecule has 0 saturated carbocycles. The highest BCUT2D eigenvalue weighted by Gasteiger charge is 2.21. The van der Waals surface area contributed by atoms with Gasteiger partial charge in [0.05, 0.1) is 44.0 Å². The van der Waals surface area contributed by atoms with E-state index in [1.54, 1.807) is 0 Å². The maximum atomic E-state index is 6.81. The number of aromatic nitrogens is 4. The average molecular weight is 665 g/mol. The van der Waals surface area contributed by atoms with Crippen LogP contribution in [0.4, 0.5) is 0 Å². The van der Waals surface area contributed by atoms with E-state index in [1.807, 2.05) is 12.3 Å². The summed E-state index contributed by atoms with van der Waals surface area (Å²) < 4.78 is 13.9. The van der Waals surface area contributed by atoms with Gasteiger partial charge in [0, 0.05) is 55.6 Å². The Balaban J connectivity index is 1.10. The zero-order valence-corrected chi connectivity index (χ0v) is 27.9. The monoisotopic (exact) mass is 664 g/mol. The molecule has 12 rings (SSSR count). The number of furan rings is 1. The molecule has 52 heavy (non-hydrogen) atoms. The molecule has 0 bridgehead atoms. The average Bonchev–Trinajstić information content (AvgIpc) is 3.94. The molecule has 0 aliphatic heterocycles. The molecular weight excluding hydrogens is 637 g/mol. The minimum absolute atomic E-state index is 0.880. The lowest BCUT2D eigenvalue weighted by molar-refractivity contribution is 0.673. The van der Waals surface area contributed by atoms with E-state index in [0.29, 0.717) is 0 Å². The van der Waals surface area contributed by atoms with Gasteiger partial charge < -0.3 is 18.1 Å². The van der Waals surface area contributed by atoms with Gasteiger partial charge in [-0.3, -0.25) is 4.98 Å². The van der Waals surface area contributed by atoms with Crippen molar-refractivity contribution in [1.29, 1.82) is 0 Å². The summed E-state index contributed by atoms with van der Waals surface area (Å²) in [4.78, 5) is 4.88. The third-order valence-corrected chi connectivity index (χ3v) is 10.9.